The Morgan fingerprint density at radius 3 is 1.57 bits per heavy atom. The van der Waals surface area contributed by atoms with Crippen molar-refractivity contribution in [2.75, 3.05) is 6.61 Å². The Bertz CT molecular complexity index is 659. The smallest absolute Gasteiger partial charge is 0.171 e. The molecule has 0 saturated heterocycles. The Kier molecular flexibility index (Phi) is 6.51. The summed E-state index contributed by atoms with van der Waals surface area (Å²) in [5, 5.41) is 9.03. The maximum Gasteiger partial charge on any atom is 0.171 e. The van der Waals surface area contributed by atoms with Crippen LogP contribution in [0.1, 0.15) is 22.6 Å². The molecule has 23 heavy (non-hydrogen) atoms. The van der Waals surface area contributed by atoms with E-state index in [1.807, 2.05) is 29.1 Å². The molecule has 1 N–H and O–H groups in total. The number of benzene rings is 2. The van der Waals surface area contributed by atoms with Gasteiger partial charge in [-0.15, -0.1) is 0 Å². The number of hydrogen-bond donors (Lipinski definition) is 1. The topological polar surface area (TPSA) is 24.1 Å². The second kappa shape index (κ2) is 8.61. The van der Waals surface area contributed by atoms with E-state index in [9.17, 15) is 0 Å². The third kappa shape index (κ3) is 4.27. The fraction of sp³-hybridized carbons (Fsp3) is 0.150. The molecule has 3 rings (SSSR count). The van der Waals surface area contributed by atoms with Crippen LogP contribution in [0.4, 0.5) is 0 Å². The summed E-state index contributed by atoms with van der Waals surface area (Å²) < 4.78 is 2.00. The van der Waals surface area contributed by atoms with Gasteiger partial charge in [0.05, 0.1) is 0 Å². The summed E-state index contributed by atoms with van der Waals surface area (Å²) in [4.78, 5) is 0. The van der Waals surface area contributed by atoms with E-state index in [0.717, 1.165) is 0 Å². The fourth-order valence-electron chi connectivity index (χ4n) is 2.79. The standard InChI is InChI=1S/C20H20NO.BrH/c22-16-15-21-13-11-19(12-14-21)20(17-7-3-1-4-8-17)18-9-5-2-6-10-18;/h1-14,20,22H,15-16H2;1H/q+1;/p-1. The molecule has 0 aliphatic heterocycles. The minimum Gasteiger partial charge on any atom is -1.00 e. The number of aliphatic hydroxyl groups excluding tert-OH is 1. The molecule has 0 saturated carbocycles. The van der Waals surface area contributed by atoms with Gasteiger partial charge >= 0.3 is 0 Å². The molecule has 0 aliphatic carbocycles. The second-order valence-corrected chi connectivity index (χ2v) is 5.35. The molecule has 0 fully saturated rings. The molecule has 1 heterocycles. The summed E-state index contributed by atoms with van der Waals surface area (Å²) in [6.45, 7) is 0.784. The summed E-state index contributed by atoms with van der Waals surface area (Å²) in [6, 6.07) is 25.4. The second-order valence-electron chi connectivity index (χ2n) is 5.35. The quantitative estimate of drug-likeness (QED) is 0.636. The van der Waals surface area contributed by atoms with Gasteiger partial charge in [-0.05, 0) is 16.7 Å². The molecule has 0 radical (unpaired) electrons. The van der Waals surface area contributed by atoms with Crippen molar-refractivity contribution in [1.29, 1.82) is 0 Å². The number of pyridine rings is 1. The molecule has 0 unspecified atom stereocenters. The van der Waals surface area contributed by atoms with Gasteiger partial charge in [-0.25, -0.2) is 4.57 Å². The van der Waals surface area contributed by atoms with E-state index in [4.69, 9.17) is 5.11 Å². The van der Waals surface area contributed by atoms with Crippen molar-refractivity contribution in [3.63, 3.8) is 0 Å². The summed E-state index contributed by atoms with van der Waals surface area (Å²) in [7, 11) is 0. The van der Waals surface area contributed by atoms with Crippen LogP contribution >= 0.6 is 0 Å². The highest BCUT2D eigenvalue weighted by Gasteiger charge is 2.17. The average molecular weight is 370 g/mol. The molecule has 0 aliphatic rings. The van der Waals surface area contributed by atoms with Crippen LogP contribution in [0.5, 0.6) is 0 Å². The van der Waals surface area contributed by atoms with Crippen molar-refractivity contribution >= 4 is 0 Å². The van der Waals surface area contributed by atoms with Crippen LogP contribution in [-0.2, 0) is 6.54 Å². The molecule has 118 valence electrons. The molecular weight excluding hydrogens is 350 g/mol. The number of hydrogen-bond acceptors (Lipinski definition) is 1. The van der Waals surface area contributed by atoms with Crippen LogP contribution in [0, 0.1) is 0 Å². The van der Waals surface area contributed by atoms with Gasteiger partial charge in [0.1, 0.15) is 6.61 Å². The fourth-order valence-corrected chi connectivity index (χ4v) is 2.79. The van der Waals surface area contributed by atoms with E-state index in [-0.39, 0.29) is 29.5 Å². The van der Waals surface area contributed by atoms with Gasteiger partial charge in [-0.1, -0.05) is 60.7 Å². The minimum absolute atomic E-state index is 0. The summed E-state index contributed by atoms with van der Waals surface area (Å²) in [5.74, 6) is 0.228. The third-order valence-corrected chi connectivity index (χ3v) is 3.87. The van der Waals surface area contributed by atoms with Crippen LogP contribution in [0.2, 0.25) is 0 Å². The largest absolute Gasteiger partial charge is 1.00 e. The number of nitrogens with zero attached hydrogens (tertiary/aromatic N) is 1. The van der Waals surface area contributed by atoms with Gasteiger partial charge in [0.2, 0.25) is 0 Å². The molecule has 0 bridgehead atoms. The number of halogens is 1. The first-order chi connectivity index (χ1) is 10.9. The average Bonchev–Trinajstić information content (AvgIpc) is 2.59. The predicted octanol–water partition coefficient (Wildman–Crippen LogP) is 0.151. The van der Waals surface area contributed by atoms with Crippen LogP contribution in [-0.4, -0.2) is 11.7 Å². The van der Waals surface area contributed by atoms with E-state index in [2.05, 4.69) is 60.7 Å². The molecule has 3 heteroatoms. The Labute approximate surface area is 147 Å². The Morgan fingerprint density at radius 1 is 0.696 bits per heavy atom. The maximum atomic E-state index is 9.03. The van der Waals surface area contributed by atoms with Crippen molar-refractivity contribution in [2.45, 2.75) is 12.5 Å². The zero-order valence-electron chi connectivity index (χ0n) is 12.8. The molecule has 3 aromatic rings. The van der Waals surface area contributed by atoms with Crippen LogP contribution in [0.15, 0.2) is 85.2 Å². The van der Waals surface area contributed by atoms with Crippen molar-refractivity contribution < 1.29 is 26.7 Å². The zero-order chi connectivity index (χ0) is 15.2. The lowest BCUT2D eigenvalue weighted by Crippen LogP contribution is -3.00. The van der Waals surface area contributed by atoms with E-state index in [1.165, 1.54) is 16.7 Å². The first-order valence-corrected chi connectivity index (χ1v) is 7.58. The van der Waals surface area contributed by atoms with E-state index in [1.54, 1.807) is 0 Å². The van der Waals surface area contributed by atoms with Crippen molar-refractivity contribution in [3.05, 3.63) is 102 Å². The van der Waals surface area contributed by atoms with Crippen LogP contribution in [0.25, 0.3) is 0 Å². The van der Waals surface area contributed by atoms with E-state index >= 15 is 0 Å². The van der Waals surface area contributed by atoms with E-state index < -0.39 is 0 Å². The molecular formula is C20H20BrNO. The predicted molar refractivity (Wildman–Crippen MR) is 87.6 cm³/mol. The number of aromatic nitrogens is 1. The summed E-state index contributed by atoms with van der Waals surface area (Å²) in [5.41, 5.74) is 3.83. The molecule has 0 atom stereocenters. The van der Waals surface area contributed by atoms with Crippen LogP contribution in [0.3, 0.4) is 0 Å². The van der Waals surface area contributed by atoms with Crippen LogP contribution < -0.4 is 21.5 Å². The van der Waals surface area contributed by atoms with Crippen molar-refractivity contribution in [1.82, 2.24) is 0 Å². The van der Waals surface area contributed by atoms with Gasteiger partial charge in [-0.2, -0.15) is 0 Å². The van der Waals surface area contributed by atoms with Gasteiger partial charge in [0, 0.05) is 18.1 Å². The summed E-state index contributed by atoms with van der Waals surface area (Å²) >= 11 is 0. The Morgan fingerprint density at radius 2 is 1.13 bits per heavy atom. The third-order valence-electron chi connectivity index (χ3n) is 3.87. The highest BCUT2D eigenvalue weighted by Crippen LogP contribution is 2.30. The minimum atomic E-state index is 0. The first-order valence-electron chi connectivity index (χ1n) is 7.58. The van der Waals surface area contributed by atoms with Gasteiger partial charge in [0.25, 0.3) is 0 Å². The number of rotatable bonds is 5. The molecule has 1 aromatic heterocycles. The molecule has 0 spiro atoms. The van der Waals surface area contributed by atoms with Crippen molar-refractivity contribution in [2.24, 2.45) is 0 Å². The number of aliphatic hydroxyl groups is 1. The first kappa shape index (κ1) is 17.4. The monoisotopic (exact) mass is 369 g/mol. The lowest BCUT2D eigenvalue weighted by molar-refractivity contribution is -0.698. The summed E-state index contributed by atoms with van der Waals surface area (Å²) in [6.07, 6.45) is 4.06. The highest BCUT2D eigenvalue weighted by molar-refractivity contribution is 5.41. The Balaban J connectivity index is 0.00000192. The zero-order valence-corrected chi connectivity index (χ0v) is 14.4. The lowest BCUT2D eigenvalue weighted by Gasteiger charge is -2.18. The molecule has 0 amide bonds. The van der Waals surface area contributed by atoms with Crippen molar-refractivity contribution in [3.8, 4) is 0 Å². The normalized spacial score (nSPS) is 10.3. The highest BCUT2D eigenvalue weighted by atomic mass is 79.9. The molecule has 2 nitrogen and oxygen atoms in total. The molecule has 2 aromatic carbocycles. The Hall–Kier alpha value is -1.97. The van der Waals surface area contributed by atoms with Gasteiger partial charge in [0.15, 0.2) is 18.9 Å². The van der Waals surface area contributed by atoms with E-state index in [0.29, 0.717) is 6.54 Å². The van der Waals surface area contributed by atoms with Gasteiger partial charge < -0.3 is 22.1 Å². The lowest BCUT2D eigenvalue weighted by atomic mass is 9.86. The maximum absolute atomic E-state index is 9.03. The van der Waals surface area contributed by atoms with Gasteiger partial charge in [-0.3, -0.25) is 0 Å². The SMILES string of the molecule is OCC[n+]1ccc(C(c2ccccc2)c2ccccc2)cc1.[Br-].